The van der Waals surface area contributed by atoms with Crippen molar-refractivity contribution in [2.24, 2.45) is 0 Å². The Morgan fingerprint density at radius 3 is 2.45 bits per heavy atom. The quantitative estimate of drug-likeness (QED) is 0.540. The molecule has 31 heavy (non-hydrogen) atoms. The summed E-state index contributed by atoms with van der Waals surface area (Å²) in [6.07, 6.45) is 0.962. The van der Waals surface area contributed by atoms with E-state index in [1.807, 2.05) is 36.4 Å². The molecule has 164 valence electrons. The van der Waals surface area contributed by atoms with Gasteiger partial charge in [-0.15, -0.1) is 0 Å². The molecule has 1 aliphatic heterocycles. The zero-order valence-corrected chi connectivity index (χ0v) is 18.3. The lowest BCUT2D eigenvalue weighted by Crippen LogP contribution is -2.20. The minimum atomic E-state index is 0.203. The monoisotopic (exact) mass is 425 g/mol. The number of aromatic nitrogens is 2. The van der Waals surface area contributed by atoms with Gasteiger partial charge in [-0.05, 0) is 42.8 Å². The van der Waals surface area contributed by atoms with Gasteiger partial charge in [0.1, 0.15) is 5.75 Å². The fourth-order valence-corrected chi connectivity index (χ4v) is 3.94. The van der Waals surface area contributed by atoms with Crippen molar-refractivity contribution in [1.29, 1.82) is 0 Å². The van der Waals surface area contributed by atoms with Crippen LogP contribution < -0.4 is 18.9 Å². The van der Waals surface area contributed by atoms with Gasteiger partial charge in [-0.1, -0.05) is 17.3 Å². The predicted octanol–water partition coefficient (Wildman–Crippen LogP) is 3.76. The molecular formula is C23H27N3O5. The highest BCUT2D eigenvalue weighted by molar-refractivity contribution is 5.57. The van der Waals surface area contributed by atoms with Crippen LogP contribution in [0.2, 0.25) is 0 Å². The van der Waals surface area contributed by atoms with Crippen LogP contribution in [0, 0.1) is 0 Å². The Labute approximate surface area is 181 Å². The topological polar surface area (TPSA) is 79.1 Å². The van der Waals surface area contributed by atoms with Crippen LogP contribution in [-0.4, -0.2) is 56.6 Å². The van der Waals surface area contributed by atoms with E-state index in [9.17, 15) is 0 Å². The molecule has 8 nitrogen and oxygen atoms in total. The molecule has 1 fully saturated rings. The van der Waals surface area contributed by atoms with Gasteiger partial charge in [0.25, 0.3) is 0 Å². The smallest absolute Gasteiger partial charge is 0.231 e. The first-order chi connectivity index (χ1) is 15.1. The number of benzene rings is 2. The lowest BCUT2D eigenvalue weighted by Gasteiger charge is -2.18. The average Bonchev–Trinajstić information content (AvgIpc) is 3.48. The fraction of sp³-hybridized carbons (Fsp3) is 0.391. The van der Waals surface area contributed by atoms with Crippen molar-refractivity contribution in [1.82, 2.24) is 15.0 Å². The van der Waals surface area contributed by atoms with Crippen molar-refractivity contribution in [2.45, 2.75) is 18.9 Å². The van der Waals surface area contributed by atoms with Crippen molar-refractivity contribution in [3.8, 4) is 34.4 Å². The third-order valence-electron chi connectivity index (χ3n) is 5.52. The Morgan fingerprint density at radius 2 is 1.77 bits per heavy atom. The van der Waals surface area contributed by atoms with Crippen LogP contribution in [0.1, 0.15) is 23.8 Å². The molecule has 0 amide bonds. The van der Waals surface area contributed by atoms with E-state index in [1.54, 1.807) is 28.4 Å². The minimum absolute atomic E-state index is 0.203. The summed E-state index contributed by atoms with van der Waals surface area (Å²) in [7, 11) is 6.50. The largest absolute Gasteiger partial charge is 0.497 e. The third-order valence-corrected chi connectivity index (χ3v) is 5.52. The molecule has 4 rings (SSSR count). The van der Waals surface area contributed by atoms with Gasteiger partial charge >= 0.3 is 0 Å². The first kappa shape index (κ1) is 21.0. The summed E-state index contributed by atoms with van der Waals surface area (Å²) in [5.41, 5.74) is 1.97. The van der Waals surface area contributed by atoms with E-state index in [2.05, 4.69) is 15.0 Å². The summed E-state index contributed by atoms with van der Waals surface area (Å²) in [5.74, 6) is 4.14. The Kier molecular flexibility index (Phi) is 6.27. The van der Waals surface area contributed by atoms with Gasteiger partial charge in [0, 0.05) is 18.7 Å². The second kappa shape index (κ2) is 9.26. The molecule has 3 aromatic rings. The zero-order chi connectivity index (χ0) is 21.8. The summed E-state index contributed by atoms with van der Waals surface area (Å²) in [6, 6.07) is 11.6. The highest BCUT2D eigenvalue weighted by Gasteiger charge is 2.29. The number of methoxy groups -OCH3 is 4. The first-order valence-electron chi connectivity index (χ1n) is 10.1. The van der Waals surface area contributed by atoms with Crippen LogP contribution in [-0.2, 0) is 6.54 Å². The number of hydrogen-bond donors (Lipinski definition) is 0. The van der Waals surface area contributed by atoms with Crippen LogP contribution in [0.5, 0.6) is 23.0 Å². The molecule has 1 aromatic heterocycles. The number of likely N-dealkylation sites (tertiary alicyclic amines) is 1. The number of rotatable bonds is 8. The molecule has 0 aliphatic carbocycles. The van der Waals surface area contributed by atoms with E-state index in [-0.39, 0.29) is 5.92 Å². The van der Waals surface area contributed by atoms with Crippen LogP contribution in [0.15, 0.2) is 40.9 Å². The maximum Gasteiger partial charge on any atom is 0.231 e. The fourth-order valence-electron chi connectivity index (χ4n) is 3.94. The Bertz CT molecular complexity index is 1010. The SMILES string of the molecule is COc1cccc(-c2noc([C@@H]3CCN(Cc4cc(OC)c(OC)c(OC)c4)C3)n2)c1. The van der Waals surface area contributed by atoms with Gasteiger partial charge in [-0.3, -0.25) is 4.90 Å². The van der Waals surface area contributed by atoms with E-state index in [1.165, 1.54) is 0 Å². The van der Waals surface area contributed by atoms with Crippen LogP contribution in [0.4, 0.5) is 0 Å². The molecule has 1 aliphatic rings. The molecule has 0 spiro atoms. The van der Waals surface area contributed by atoms with Crippen molar-refractivity contribution >= 4 is 0 Å². The van der Waals surface area contributed by atoms with Gasteiger partial charge in [-0.2, -0.15) is 4.98 Å². The lowest BCUT2D eigenvalue weighted by molar-refractivity contribution is 0.303. The second-order valence-electron chi connectivity index (χ2n) is 7.44. The number of hydrogen-bond acceptors (Lipinski definition) is 8. The average molecular weight is 425 g/mol. The molecular weight excluding hydrogens is 398 g/mol. The number of nitrogens with zero attached hydrogens (tertiary/aromatic N) is 3. The minimum Gasteiger partial charge on any atom is -0.497 e. The molecule has 0 saturated carbocycles. The van der Waals surface area contributed by atoms with Crippen LogP contribution in [0.25, 0.3) is 11.4 Å². The van der Waals surface area contributed by atoms with E-state index in [4.69, 9.17) is 23.5 Å². The van der Waals surface area contributed by atoms with Crippen molar-refractivity contribution < 1.29 is 23.5 Å². The maximum atomic E-state index is 5.59. The Hall–Kier alpha value is -3.26. The van der Waals surface area contributed by atoms with Crippen LogP contribution >= 0.6 is 0 Å². The molecule has 8 heteroatoms. The molecule has 2 aromatic carbocycles. The standard InChI is InChI=1S/C23H27N3O5/c1-27-18-7-5-6-16(12-18)22-24-23(31-25-22)17-8-9-26(14-17)13-15-10-19(28-2)21(30-4)20(11-15)29-3/h5-7,10-12,17H,8-9,13-14H2,1-4H3/t17-/m1/s1. The molecule has 0 N–H and O–H groups in total. The van der Waals surface area contributed by atoms with E-state index in [0.29, 0.717) is 29.0 Å². The molecule has 0 unspecified atom stereocenters. The molecule has 2 heterocycles. The summed E-state index contributed by atoms with van der Waals surface area (Å²) in [5, 5.41) is 4.17. The van der Waals surface area contributed by atoms with E-state index in [0.717, 1.165) is 42.9 Å². The van der Waals surface area contributed by atoms with Crippen molar-refractivity contribution in [2.75, 3.05) is 41.5 Å². The maximum absolute atomic E-state index is 5.59. The summed E-state index contributed by atoms with van der Waals surface area (Å²) in [6.45, 7) is 2.55. The zero-order valence-electron chi connectivity index (χ0n) is 18.3. The summed E-state index contributed by atoms with van der Waals surface area (Å²) >= 11 is 0. The molecule has 1 atom stereocenters. The van der Waals surface area contributed by atoms with Gasteiger partial charge in [0.05, 0.1) is 34.4 Å². The Morgan fingerprint density at radius 1 is 1.00 bits per heavy atom. The normalized spacial score (nSPS) is 16.3. The predicted molar refractivity (Wildman–Crippen MR) is 115 cm³/mol. The molecule has 0 bridgehead atoms. The van der Waals surface area contributed by atoms with Gasteiger partial charge < -0.3 is 23.5 Å². The van der Waals surface area contributed by atoms with Crippen molar-refractivity contribution in [3.05, 3.63) is 47.9 Å². The van der Waals surface area contributed by atoms with Gasteiger partial charge in [-0.25, -0.2) is 0 Å². The lowest BCUT2D eigenvalue weighted by atomic mass is 10.1. The van der Waals surface area contributed by atoms with E-state index >= 15 is 0 Å². The highest BCUT2D eigenvalue weighted by atomic mass is 16.5. The Balaban J connectivity index is 1.45. The van der Waals surface area contributed by atoms with Crippen LogP contribution in [0.3, 0.4) is 0 Å². The summed E-state index contributed by atoms with van der Waals surface area (Å²) in [4.78, 5) is 7.00. The van der Waals surface area contributed by atoms with Crippen molar-refractivity contribution in [3.63, 3.8) is 0 Å². The van der Waals surface area contributed by atoms with E-state index < -0.39 is 0 Å². The molecule has 1 saturated heterocycles. The second-order valence-corrected chi connectivity index (χ2v) is 7.44. The highest BCUT2D eigenvalue weighted by Crippen LogP contribution is 2.39. The number of ether oxygens (including phenoxy) is 4. The third kappa shape index (κ3) is 4.44. The molecule has 0 radical (unpaired) electrons. The van der Waals surface area contributed by atoms with Gasteiger partial charge in [0.2, 0.25) is 17.5 Å². The summed E-state index contributed by atoms with van der Waals surface area (Å²) < 4.78 is 27.2. The van der Waals surface area contributed by atoms with Gasteiger partial charge in [0.15, 0.2) is 11.5 Å². The first-order valence-corrected chi connectivity index (χ1v) is 10.1.